The van der Waals surface area contributed by atoms with E-state index in [4.69, 9.17) is 21.3 Å². The Morgan fingerprint density at radius 1 is 1.13 bits per heavy atom. The number of nitrogens with two attached hydrogens (primary N) is 2. The van der Waals surface area contributed by atoms with Crippen LogP contribution in [-0.2, 0) is 11.2 Å². The first-order valence-corrected chi connectivity index (χ1v) is 13.0. The second-order valence-electron chi connectivity index (χ2n) is 10.5. The number of hydrogen-bond donors (Lipinski definition) is 3. The lowest BCUT2D eigenvalue weighted by Crippen LogP contribution is -2.43. The minimum absolute atomic E-state index is 0.0116. The Morgan fingerprint density at radius 2 is 1.85 bits per heavy atom. The van der Waals surface area contributed by atoms with Crippen LogP contribution in [0.15, 0.2) is 42.6 Å². The zero-order valence-electron chi connectivity index (χ0n) is 22.7. The number of anilines is 1. The van der Waals surface area contributed by atoms with E-state index in [1.807, 2.05) is 19.1 Å². The van der Waals surface area contributed by atoms with E-state index in [1.54, 1.807) is 56.1 Å². The highest BCUT2D eigenvalue weighted by Crippen LogP contribution is 2.34. The lowest BCUT2D eigenvalue weighted by molar-refractivity contribution is 0.00821. The number of aromatic nitrogens is 3. The predicted molar refractivity (Wildman–Crippen MR) is 147 cm³/mol. The number of primary amides is 1. The molecule has 5 N–H and O–H groups in total. The molecule has 1 atom stereocenters. The highest BCUT2D eigenvalue weighted by molar-refractivity contribution is 6.04. The Kier molecular flexibility index (Phi) is 7.89. The molecule has 1 aromatic carbocycles. The van der Waals surface area contributed by atoms with Crippen LogP contribution in [0.5, 0.6) is 0 Å². The van der Waals surface area contributed by atoms with E-state index in [1.165, 1.54) is 0 Å². The van der Waals surface area contributed by atoms with Gasteiger partial charge in [0.2, 0.25) is 0 Å². The monoisotopic (exact) mass is 533 g/mol. The summed E-state index contributed by atoms with van der Waals surface area (Å²) in [6.45, 7) is 7.92. The fourth-order valence-corrected chi connectivity index (χ4v) is 4.59. The normalized spacial score (nSPS) is 15.6. The quantitative estimate of drug-likeness (QED) is 0.403. The number of benzene rings is 1. The van der Waals surface area contributed by atoms with Crippen LogP contribution in [0.25, 0.3) is 11.3 Å². The summed E-state index contributed by atoms with van der Waals surface area (Å²) in [6, 6.07) is 9.84. The molecule has 3 heterocycles. The molecule has 4 rings (SSSR count). The van der Waals surface area contributed by atoms with Gasteiger partial charge in [0.25, 0.3) is 11.8 Å². The van der Waals surface area contributed by atoms with Gasteiger partial charge in [-0.1, -0.05) is 19.1 Å². The maximum absolute atomic E-state index is 13.0. The van der Waals surface area contributed by atoms with Gasteiger partial charge in [0.1, 0.15) is 17.1 Å². The fraction of sp³-hybridized carbons (Fsp3) is 0.393. The van der Waals surface area contributed by atoms with Crippen molar-refractivity contribution in [2.24, 2.45) is 5.73 Å². The van der Waals surface area contributed by atoms with Gasteiger partial charge in [-0.05, 0) is 76.3 Å². The summed E-state index contributed by atoms with van der Waals surface area (Å²) in [5.74, 6) is 6.08. The number of carbonyl (C=O) groups excluding carboxylic acids is 3. The molecule has 1 aliphatic heterocycles. The molecular formula is C28H35N7O4. The number of rotatable bonds is 6. The van der Waals surface area contributed by atoms with Crippen molar-refractivity contribution in [2.45, 2.75) is 65.0 Å². The number of nitrogen functional groups attached to an aromatic ring is 1. The summed E-state index contributed by atoms with van der Waals surface area (Å²) in [4.78, 5) is 48.7. The molecule has 0 bridgehead atoms. The summed E-state index contributed by atoms with van der Waals surface area (Å²) in [5.41, 5.74) is 7.35. The van der Waals surface area contributed by atoms with Crippen molar-refractivity contribution in [1.29, 1.82) is 0 Å². The highest BCUT2D eigenvalue weighted by Gasteiger charge is 2.36. The number of imidazole rings is 1. The zero-order chi connectivity index (χ0) is 28.3. The van der Waals surface area contributed by atoms with Gasteiger partial charge in [-0.2, -0.15) is 0 Å². The Balaban J connectivity index is 1.62. The van der Waals surface area contributed by atoms with Crippen molar-refractivity contribution >= 4 is 23.7 Å². The minimum atomic E-state index is -0.755. The summed E-state index contributed by atoms with van der Waals surface area (Å²) < 4.78 is 6.77. The average molecular weight is 534 g/mol. The standard InChI is InChI=1S/C28H35N7O4/c1-5-17-13-14-31-21(16-17)32-26(37)19-11-9-18(10-12-19)22-23(24(29)36)35(30)25(33-22)20-8-6-7-15-34(20)27(38)39-28(2,3)4/h9-14,16,20H,5-8,15,30H2,1-4H3,(H2,29,36)(H,31,32,37). The smallest absolute Gasteiger partial charge is 0.410 e. The Labute approximate surface area is 227 Å². The largest absolute Gasteiger partial charge is 0.444 e. The molecule has 0 saturated carbocycles. The van der Waals surface area contributed by atoms with Gasteiger partial charge in [-0.3, -0.25) is 14.5 Å². The first-order valence-electron chi connectivity index (χ1n) is 13.0. The number of likely N-dealkylation sites (tertiary alicyclic amines) is 1. The Bertz CT molecular complexity index is 1380. The highest BCUT2D eigenvalue weighted by atomic mass is 16.6. The van der Waals surface area contributed by atoms with Crippen LogP contribution in [0, 0.1) is 0 Å². The lowest BCUT2D eigenvalue weighted by Gasteiger charge is -2.36. The van der Waals surface area contributed by atoms with Crippen LogP contribution >= 0.6 is 0 Å². The number of carbonyl (C=O) groups is 3. The first kappa shape index (κ1) is 27.6. The van der Waals surface area contributed by atoms with Gasteiger partial charge in [-0.15, -0.1) is 0 Å². The molecule has 1 saturated heterocycles. The van der Waals surface area contributed by atoms with Crippen molar-refractivity contribution in [3.05, 3.63) is 65.2 Å². The SMILES string of the molecule is CCc1ccnc(NC(=O)c2ccc(-c3nc(C4CCCCN4C(=O)OC(C)(C)C)n(N)c3C(N)=O)cc2)c1. The van der Waals surface area contributed by atoms with E-state index >= 15 is 0 Å². The molecule has 0 spiro atoms. The second kappa shape index (κ2) is 11.1. The summed E-state index contributed by atoms with van der Waals surface area (Å²) in [7, 11) is 0. The number of nitrogens with zero attached hydrogens (tertiary/aromatic N) is 4. The molecule has 11 heteroatoms. The number of pyridine rings is 1. The second-order valence-corrected chi connectivity index (χ2v) is 10.5. The molecule has 1 unspecified atom stereocenters. The lowest BCUT2D eigenvalue weighted by atomic mass is 10.0. The van der Waals surface area contributed by atoms with Crippen LogP contribution in [-0.4, -0.2) is 49.6 Å². The topological polar surface area (TPSA) is 158 Å². The number of nitrogens with one attached hydrogen (secondary N) is 1. The molecule has 3 aromatic rings. The van der Waals surface area contributed by atoms with Crippen molar-refractivity contribution < 1.29 is 19.1 Å². The third-order valence-corrected chi connectivity index (χ3v) is 6.50. The fourth-order valence-electron chi connectivity index (χ4n) is 4.59. The van der Waals surface area contributed by atoms with Crippen LogP contribution in [0.2, 0.25) is 0 Å². The van der Waals surface area contributed by atoms with Gasteiger partial charge in [0.15, 0.2) is 11.5 Å². The van der Waals surface area contributed by atoms with Crippen molar-refractivity contribution in [3.8, 4) is 11.3 Å². The molecular weight excluding hydrogens is 498 g/mol. The Morgan fingerprint density at radius 3 is 2.49 bits per heavy atom. The number of ether oxygens (including phenoxy) is 1. The molecule has 11 nitrogen and oxygen atoms in total. The van der Waals surface area contributed by atoms with E-state index in [0.717, 1.165) is 29.5 Å². The molecule has 3 amide bonds. The molecule has 0 aliphatic carbocycles. The van der Waals surface area contributed by atoms with Crippen LogP contribution in [0.3, 0.4) is 0 Å². The predicted octanol–water partition coefficient (Wildman–Crippen LogP) is 4.03. The third kappa shape index (κ3) is 6.19. The van der Waals surface area contributed by atoms with Gasteiger partial charge in [-0.25, -0.2) is 19.4 Å². The van der Waals surface area contributed by atoms with Crippen molar-refractivity contribution in [3.63, 3.8) is 0 Å². The van der Waals surface area contributed by atoms with Crippen LogP contribution in [0.1, 0.15) is 85.2 Å². The number of piperidine rings is 1. The number of amides is 3. The number of hydrogen-bond acceptors (Lipinski definition) is 7. The van der Waals surface area contributed by atoms with Crippen LogP contribution < -0.4 is 16.9 Å². The van der Waals surface area contributed by atoms with E-state index in [-0.39, 0.29) is 17.3 Å². The molecule has 1 fully saturated rings. The molecule has 2 aromatic heterocycles. The van der Waals surface area contributed by atoms with Gasteiger partial charge >= 0.3 is 6.09 Å². The number of aryl methyl sites for hydroxylation is 1. The zero-order valence-corrected chi connectivity index (χ0v) is 22.7. The summed E-state index contributed by atoms with van der Waals surface area (Å²) >= 11 is 0. The van der Waals surface area contributed by atoms with Crippen molar-refractivity contribution in [1.82, 2.24) is 19.5 Å². The van der Waals surface area contributed by atoms with Crippen molar-refractivity contribution in [2.75, 3.05) is 17.7 Å². The summed E-state index contributed by atoms with van der Waals surface area (Å²) in [5, 5.41) is 2.80. The molecule has 39 heavy (non-hydrogen) atoms. The van der Waals surface area contributed by atoms with E-state index < -0.39 is 23.6 Å². The van der Waals surface area contributed by atoms with E-state index in [9.17, 15) is 14.4 Å². The molecule has 206 valence electrons. The maximum atomic E-state index is 13.0. The molecule has 1 aliphatic rings. The van der Waals surface area contributed by atoms with Gasteiger partial charge < -0.3 is 21.6 Å². The molecule has 0 radical (unpaired) electrons. The van der Waals surface area contributed by atoms with Crippen LogP contribution in [0.4, 0.5) is 10.6 Å². The maximum Gasteiger partial charge on any atom is 0.410 e. The summed E-state index contributed by atoms with van der Waals surface area (Å²) in [6.07, 6.45) is 4.30. The van der Waals surface area contributed by atoms with Gasteiger partial charge in [0, 0.05) is 23.9 Å². The van der Waals surface area contributed by atoms with Gasteiger partial charge in [0.05, 0.1) is 6.04 Å². The van der Waals surface area contributed by atoms with E-state index in [2.05, 4.69) is 10.3 Å². The first-order chi connectivity index (χ1) is 18.5. The minimum Gasteiger partial charge on any atom is -0.444 e. The average Bonchev–Trinajstić information content (AvgIpc) is 3.25. The Hall–Kier alpha value is -4.41. The third-order valence-electron chi connectivity index (χ3n) is 6.50. The van der Waals surface area contributed by atoms with E-state index in [0.29, 0.717) is 35.7 Å².